The van der Waals surface area contributed by atoms with E-state index in [4.69, 9.17) is 9.31 Å². The number of ketones is 1. The third-order valence-electron chi connectivity index (χ3n) is 12.2. The highest BCUT2D eigenvalue weighted by Gasteiger charge is 2.68. The van der Waals surface area contributed by atoms with E-state index < -0.39 is 36.5 Å². The van der Waals surface area contributed by atoms with Gasteiger partial charge in [-0.3, -0.25) is 19.4 Å². The third kappa shape index (κ3) is 7.80. The van der Waals surface area contributed by atoms with Crippen LogP contribution in [0, 0.1) is 29.1 Å². The van der Waals surface area contributed by atoms with Gasteiger partial charge in [-0.1, -0.05) is 100 Å². The number of carbonyl (C=O) groups is 3. The van der Waals surface area contributed by atoms with E-state index in [1.807, 2.05) is 48.5 Å². The molecule has 0 radical (unpaired) electrons. The highest BCUT2D eigenvalue weighted by atomic mass is 16.7. The van der Waals surface area contributed by atoms with Crippen LogP contribution >= 0.6 is 0 Å². The molecule has 2 amide bonds. The summed E-state index contributed by atoms with van der Waals surface area (Å²) in [7, 11) is -0.583. The molecule has 2 bridgehead atoms. The first-order valence-corrected chi connectivity index (χ1v) is 19.2. The Bertz CT molecular complexity index is 1940. The predicted molar refractivity (Wildman–Crippen MR) is 206 cm³/mol. The van der Waals surface area contributed by atoms with Crippen LogP contribution in [0.25, 0.3) is 10.8 Å². The molecule has 1 aliphatic heterocycles. The van der Waals surface area contributed by atoms with E-state index in [1.54, 1.807) is 0 Å². The molecular weight excluding hydrogens is 663 g/mol. The van der Waals surface area contributed by atoms with E-state index in [9.17, 15) is 14.4 Å². The number of rotatable bonds is 14. The van der Waals surface area contributed by atoms with E-state index in [-0.39, 0.29) is 47.7 Å². The van der Waals surface area contributed by atoms with Crippen LogP contribution in [0.4, 0.5) is 0 Å². The van der Waals surface area contributed by atoms with Crippen LogP contribution < -0.4 is 10.6 Å². The summed E-state index contributed by atoms with van der Waals surface area (Å²) < 4.78 is 13.5. The van der Waals surface area contributed by atoms with Crippen LogP contribution in [-0.4, -0.2) is 58.4 Å². The smallest absolute Gasteiger partial charge is 0.404 e. The van der Waals surface area contributed by atoms with Gasteiger partial charge in [-0.15, -0.1) is 0 Å². The maximum atomic E-state index is 14.6. The first-order chi connectivity index (χ1) is 25.4. The van der Waals surface area contributed by atoms with Gasteiger partial charge in [0, 0.05) is 24.7 Å². The van der Waals surface area contributed by atoms with E-state index in [1.165, 1.54) is 18.6 Å². The highest BCUT2D eigenvalue weighted by molar-refractivity contribution is 6.47. The molecule has 3 aliphatic carbocycles. The lowest BCUT2D eigenvalue weighted by Gasteiger charge is -2.64. The molecule has 2 heterocycles. The van der Waals surface area contributed by atoms with Crippen LogP contribution in [0.2, 0.25) is 0 Å². The Morgan fingerprint density at radius 1 is 0.887 bits per heavy atom. The number of carbonyl (C=O) groups excluding carboxylic acids is 3. The summed E-state index contributed by atoms with van der Waals surface area (Å²) in [5.74, 6) is -0.787. The fraction of sp³-hybridized carbons (Fsp3) is 0.465. The van der Waals surface area contributed by atoms with Crippen molar-refractivity contribution >= 4 is 35.5 Å². The molecule has 53 heavy (non-hydrogen) atoms. The largest absolute Gasteiger partial charge is 0.481 e. The lowest BCUT2D eigenvalue weighted by Crippen LogP contribution is -2.65. The number of fused-ring (bicyclic) bond motifs is 1. The van der Waals surface area contributed by atoms with Gasteiger partial charge in [0.05, 0.1) is 29.9 Å². The number of nitrogens with zero attached hydrogens (tertiary/aromatic N) is 2. The second kappa shape index (κ2) is 15.1. The Balaban J connectivity index is 1.15. The molecule has 4 fully saturated rings. The number of hydrogen-bond donors (Lipinski definition) is 2. The quantitative estimate of drug-likeness (QED) is 0.142. The van der Waals surface area contributed by atoms with Gasteiger partial charge in [0.15, 0.2) is 5.78 Å². The summed E-state index contributed by atoms with van der Waals surface area (Å²) in [6.45, 7) is 11.1. The van der Waals surface area contributed by atoms with Crippen molar-refractivity contribution in [3.05, 3.63) is 108 Å². The molecule has 3 saturated carbocycles. The molecule has 4 aliphatic rings. The number of Topliss-reactive ketones (excluding diaryl/α,β-unsaturated/α-hetero) is 1. The van der Waals surface area contributed by atoms with Gasteiger partial charge in [-0.05, 0) is 84.1 Å². The molecule has 9 nitrogen and oxygen atoms in total. The van der Waals surface area contributed by atoms with Crippen molar-refractivity contribution in [2.45, 2.75) is 96.8 Å². The van der Waals surface area contributed by atoms with Crippen molar-refractivity contribution in [2.24, 2.45) is 29.1 Å². The average molecular weight is 715 g/mol. The minimum absolute atomic E-state index is 0.0116. The van der Waals surface area contributed by atoms with Crippen LogP contribution in [-0.2, 0) is 31.7 Å². The molecular formula is C43H51BN4O5. The fourth-order valence-electron chi connectivity index (χ4n) is 9.15. The van der Waals surface area contributed by atoms with Gasteiger partial charge in [0.25, 0.3) is 5.91 Å². The molecule has 0 spiro atoms. The molecule has 1 saturated heterocycles. The van der Waals surface area contributed by atoms with E-state index >= 15 is 0 Å². The molecule has 276 valence electrons. The maximum absolute atomic E-state index is 14.6. The zero-order valence-electron chi connectivity index (χ0n) is 31.5. The Morgan fingerprint density at radius 3 is 2.36 bits per heavy atom. The first kappa shape index (κ1) is 36.9. The highest BCUT2D eigenvalue weighted by Crippen LogP contribution is 2.65. The van der Waals surface area contributed by atoms with Gasteiger partial charge in [0.2, 0.25) is 5.91 Å². The number of amides is 2. The molecule has 8 rings (SSSR count). The standard InChI is InChI=1S/C43H51BN4O5/c1-27(2)19-39(44-52-38-25-33-24-37(42(33,3)4)43(38,5)53-44)48-40(50)32(21-29-15-16-30-13-9-10-14-31(30)20-29)23-36(49)34(22-28-11-7-6-8-12-28)47-41(51)35-26-45-17-18-46-35/h6-18,20,26-27,32-34,37-39H,19,21-25H2,1-5H3,(H,47,51)(H,48,50)/t32-,33?,34+,37+,38?,39+,43+/m1/s1. The van der Waals surface area contributed by atoms with Crippen molar-refractivity contribution in [2.75, 3.05) is 0 Å². The minimum Gasteiger partial charge on any atom is -0.404 e. The van der Waals surface area contributed by atoms with Crippen molar-refractivity contribution in [3.63, 3.8) is 0 Å². The van der Waals surface area contributed by atoms with E-state index in [0.29, 0.717) is 24.7 Å². The summed E-state index contributed by atoms with van der Waals surface area (Å²) in [6.07, 6.45) is 7.61. The Kier molecular flexibility index (Phi) is 10.6. The van der Waals surface area contributed by atoms with Gasteiger partial charge >= 0.3 is 7.12 Å². The number of hydrogen-bond acceptors (Lipinski definition) is 7. The van der Waals surface area contributed by atoms with Gasteiger partial charge in [0.1, 0.15) is 5.69 Å². The number of nitrogens with one attached hydrogen (secondary N) is 2. The third-order valence-corrected chi connectivity index (χ3v) is 12.2. The molecule has 4 aromatic rings. The molecule has 7 atom stereocenters. The summed E-state index contributed by atoms with van der Waals surface area (Å²) in [6, 6.07) is 23.0. The van der Waals surface area contributed by atoms with Gasteiger partial charge < -0.3 is 19.9 Å². The van der Waals surface area contributed by atoms with Crippen LogP contribution in [0.3, 0.4) is 0 Å². The molecule has 2 unspecified atom stereocenters. The molecule has 3 aromatic carbocycles. The second-order valence-corrected chi connectivity index (χ2v) is 16.6. The second-order valence-electron chi connectivity index (χ2n) is 16.6. The van der Waals surface area contributed by atoms with Gasteiger partial charge in [-0.2, -0.15) is 0 Å². The van der Waals surface area contributed by atoms with Crippen LogP contribution in [0.5, 0.6) is 0 Å². The first-order valence-electron chi connectivity index (χ1n) is 19.2. The Hall–Kier alpha value is -4.41. The van der Waals surface area contributed by atoms with E-state index in [2.05, 4.69) is 79.5 Å². The average Bonchev–Trinajstić information content (AvgIpc) is 3.52. The monoisotopic (exact) mass is 714 g/mol. The maximum Gasteiger partial charge on any atom is 0.481 e. The zero-order chi connectivity index (χ0) is 37.3. The predicted octanol–water partition coefficient (Wildman–Crippen LogP) is 6.59. The number of aromatic nitrogens is 2. The minimum atomic E-state index is -0.885. The van der Waals surface area contributed by atoms with Crippen molar-refractivity contribution < 1.29 is 23.7 Å². The lowest BCUT2D eigenvalue weighted by molar-refractivity contribution is -0.199. The van der Waals surface area contributed by atoms with Crippen LogP contribution in [0.1, 0.15) is 81.9 Å². The van der Waals surface area contributed by atoms with Crippen molar-refractivity contribution in [1.29, 1.82) is 0 Å². The molecule has 10 heteroatoms. The Labute approximate surface area is 313 Å². The van der Waals surface area contributed by atoms with Crippen molar-refractivity contribution in [1.82, 2.24) is 20.6 Å². The SMILES string of the molecule is CC(C)C[C@H](NC(=O)[C@@H](CC(=O)[C@H](Cc1ccccc1)NC(=O)c1cnccn1)Cc1ccc2ccccc2c1)B1OC2CC3C[C@@H](C3(C)C)[C@]2(C)O1. The summed E-state index contributed by atoms with van der Waals surface area (Å²) in [4.78, 5) is 50.5. The van der Waals surface area contributed by atoms with Gasteiger partial charge in [-0.25, -0.2) is 4.98 Å². The van der Waals surface area contributed by atoms with Crippen molar-refractivity contribution in [3.8, 4) is 0 Å². The summed E-state index contributed by atoms with van der Waals surface area (Å²) in [5, 5.41) is 8.42. The topological polar surface area (TPSA) is 120 Å². The summed E-state index contributed by atoms with van der Waals surface area (Å²) >= 11 is 0. The molecule has 2 N–H and O–H groups in total. The Morgan fingerprint density at radius 2 is 1.64 bits per heavy atom. The normalized spacial score (nSPS) is 24.5. The zero-order valence-corrected chi connectivity index (χ0v) is 31.5. The fourth-order valence-corrected chi connectivity index (χ4v) is 9.15. The lowest BCUT2D eigenvalue weighted by atomic mass is 9.43. The van der Waals surface area contributed by atoms with E-state index in [0.717, 1.165) is 34.7 Å². The summed E-state index contributed by atoms with van der Waals surface area (Å²) in [5.41, 5.74) is 1.75. The number of benzene rings is 3. The van der Waals surface area contributed by atoms with Crippen LogP contribution in [0.15, 0.2) is 91.4 Å². The molecule has 1 aromatic heterocycles.